The zero-order chi connectivity index (χ0) is 24.9. The quantitative estimate of drug-likeness (QED) is 0.536. The Hall–Kier alpha value is -2.67. The minimum Gasteiger partial charge on any atom is -0.383 e. The molecule has 2 amide bonds. The zero-order valence-corrected chi connectivity index (χ0v) is 21.2. The average Bonchev–Trinajstić information content (AvgIpc) is 3.24. The van der Waals surface area contributed by atoms with Crippen molar-refractivity contribution in [3.8, 4) is 0 Å². The second kappa shape index (κ2) is 11.2. The molecule has 0 saturated heterocycles. The van der Waals surface area contributed by atoms with E-state index in [0.717, 1.165) is 44.2 Å². The molecule has 1 aromatic carbocycles. The molecule has 3 rings (SSSR count). The molecular formula is C27H40N4O3. The highest BCUT2D eigenvalue weighted by Gasteiger charge is 2.30. The maximum atomic E-state index is 12.9. The first-order valence-electron chi connectivity index (χ1n) is 12.5. The highest BCUT2D eigenvalue weighted by molar-refractivity contribution is 5.97. The summed E-state index contributed by atoms with van der Waals surface area (Å²) < 4.78 is 1.83. The van der Waals surface area contributed by atoms with Gasteiger partial charge in [-0.1, -0.05) is 56.5 Å². The van der Waals surface area contributed by atoms with Crippen LogP contribution in [0.4, 0.5) is 5.82 Å². The highest BCUT2D eigenvalue weighted by atomic mass is 16.3. The summed E-state index contributed by atoms with van der Waals surface area (Å²) in [4.78, 5) is 25.5. The topological polar surface area (TPSA) is 96.2 Å². The molecule has 1 aliphatic rings. The van der Waals surface area contributed by atoms with E-state index in [0.29, 0.717) is 5.82 Å². The first kappa shape index (κ1) is 25.9. The number of rotatable bonds is 8. The van der Waals surface area contributed by atoms with Crippen molar-refractivity contribution in [3.63, 3.8) is 0 Å². The van der Waals surface area contributed by atoms with Crippen LogP contribution in [0.1, 0.15) is 83.9 Å². The molecule has 7 heteroatoms. The fraction of sp³-hybridized carbons (Fsp3) is 0.593. The lowest BCUT2D eigenvalue weighted by Crippen LogP contribution is -2.48. The predicted molar refractivity (Wildman–Crippen MR) is 135 cm³/mol. The third-order valence-electron chi connectivity index (χ3n) is 6.62. The molecule has 1 heterocycles. The first-order chi connectivity index (χ1) is 16.1. The number of hydrogen-bond donors (Lipinski definition) is 3. The third-order valence-corrected chi connectivity index (χ3v) is 6.62. The molecule has 1 aromatic heterocycles. The molecule has 0 spiro atoms. The van der Waals surface area contributed by atoms with E-state index in [4.69, 9.17) is 5.10 Å². The zero-order valence-electron chi connectivity index (χ0n) is 21.2. The lowest BCUT2D eigenvalue weighted by atomic mass is 9.85. The average molecular weight is 469 g/mol. The first-order valence-corrected chi connectivity index (χ1v) is 12.5. The standard InChI is InChI=1S/C27H40N4O3/c1-18(16-20-12-8-6-9-13-20)22-17-23(31(30-22)27(3,4)5)29-25(33)19(2)28-26(34)24(32)21-14-10-7-11-15-21/h6,8-9,12-13,17-19,21,24,32H,7,10-11,14-16H2,1-5H3,(H,28,34)(H,29,33). The van der Waals surface area contributed by atoms with Gasteiger partial charge in [-0.15, -0.1) is 0 Å². The van der Waals surface area contributed by atoms with E-state index in [-0.39, 0.29) is 23.3 Å². The van der Waals surface area contributed by atoms with Gasteiger partial charge in [-0.2, -0.15) is 5.10 Å². The van der Waals surface area contributed by atoms with Crippen molar-refractivity contribution in [2.45, 2.75) is 96.7 Å². The van der Waals surface area contributed by atoms with Crippen molar-refractivity contribution in [2.24, 2.45) is 5.92 Å². The van der Waals surface area contributed by atoms with Gasteiger partial charge in [-0.25, -0.2) is 4.68 Å². The monoisotopic (exact) mass is 468 g/mol. The van der Waals surface area contributed by atoms with Crippen molar-refractivity contribution in [1.29, 1.82) is 0 Å². The van der Waals surface area contributed by atoms with Gasteiger partial charge < -0.3 is 15.7 Å². The van der Waals surface area contributed by atoms with E-state index in [1.165, 1.54) is 5.56 Å². The van der Waals surface area contributed by atoms with Gasteiger partial charge in [0.05, 0.1) is 11.2 Å². The summed E-state index contributed by atoms with van der Waals surface area (Å²) in [5.41, 5.74) is 1.80. The molecule has 186 valence electrons. The fourth-order valence-corrected chi connectivity index (χ4v) is 4.58. The second-order valence-electron chi connectivity index (χ2n) is 10.7. The van der Waals surface area contributed by atoms with Crippen LogP contribution in [-0.4, -0.2) is 38.8 Å². The van der Waals surface area contributed by atoms with Gasteiger partial charge in [0.2, 0.25) is 11.8 Å². The Morgan fingerprint density at radius 3 is 2.35 bits per heavy atom. The summed E-state index contributed by atoms with van der Waals surface area (Å²) in [5, 5.41) is 20.9. The SMILES string of the molecule is CC(NC(=O)C(O)C1CCCCC1)C(=O)Nc1cc(C(C)Cc2ccccc2)nn1C(C)(C)C. The Morgan fingerprint density at radius 2 is 1.74 bits per heavy atom. The summed E-state index contributed by atoms with van der Waals surface area (Å²) in [5.74, 6) is -0.0707. The normalized spacial score (nSPS) is 17.6. The molecule has 1 fully saturated rings. The van der Waals surface area contributed by atoms with Crippen LogP contribution in [0.3, 0.4) is 0 Å². The highest BCUT2D eigenvalue weighted by Crippen LogP contribution is 2.28. The number of carbonyl (C=O) groups is 2. The Kier molecular flexibility index (Phi) is 8.52. The van der Waals surface area contributed by atoms with Crippen LogP contribution < -0.4 is 10.6 Å². The molecule has 7 nitrogen and oxygen atoms in total. The number of aliphatic hydroxyl groups is 1. The van der Waals surface area contributed by atoms with Crippen molar-refractivity contribution in [2.75, 3.05) is 5.32 Å². The minimum absolute atomic E-state index is 0.0278. The van der Waals surface area contributed by atoms with Gasteiger partial charge in [0.15, 0.2) is 0 Å². The molecule has 3 N–H and O–H groups in total. The van der Waals surface area contributed by atoms with Gasteiger partial charge in [-0.3, -0.25) is 9.59 Å². The van der Waals surface area contributed by atoms with Crippen LogP contribution in [0.25, 0.3) is 0 Å². The summed E-state index contributed by atoms with van der Waals surface area (Å²) in [6, 6.07) is 11.4. The Balaban J connectivity index is 1.67. The Bertz CT molecular complexity index is 958. The molecule has 3 atom stereocenters. The van der Waals surface area contributed by atoms with Crippen molar-refractivity contribution in [3.05, 3.63) is 47.7 Å². The number of anilines is 1. The van der Waals surface area contributed by atoms with E-state index < -0.39 is 18.1 Å². The van der Waals surface area contributed by atoms with Crippen molar-refractivity contribution >= 4 is 17.6 Å². The van der Waals surface area contributed by atoms with E-state index in [9.17, 15) is 14.7 Å². The Labute approximate surface area is 203 Å². The van der Waals surface area contributed by atoms with Gasteiger partial charge in [0.25, 0.3) is 0 Å². The largest absolute Gasteiger partial charge is 0.383 e. The van der Waals surface area contributed by atoms with Crippen molar-refractivity contribution in [1.82, 2.24) is 15.1 Å². The van der Waals surface area contributed by atoms with E-state index >= 15 is 0 Å². The summed E-state index contributed by atoms with van der Waals surface area (Å²) in [6.45, 7) is 9.87. The van der Waals surface area contributed by atoms with Crippen LogP contribution in [0.5, 0.6) is 0 Å². The molecular weight excluding hydrogens is 428 g/mol. The predicted octanol–water partition coefficient (Wildman–Crippen LogP) is 4.37. The number of carbonyl (C=O) groups excluding carboxylic acids is 2. The maximum absolute atomic E-state index is 12.9. The van der Waals surface area contributed by atoms with Gasteiger partial charge in [0, 0.05) is 12.0 Å². The maximum Gasteiger partial charge on any atom is 0.249 e. The number of benzene rings is 1. The molecule has 3 unspecified atom stereocenters. The van der Waals surface area contributed by atoms with Gasteiger partial charge >= 0.3 is 0 Å². The molecule has 1 saturated carbocycles. The van der Waals surface area contributed by atoms with Crippen LogP contribution >= 0.6 is 0 Å². The molecule has 0 radical (unpaired) electrons. The molecule has 2 aromatic rings. The Morgan fingerprint density at radius 1 is 1.09 bits per heavy atom. The molecule has 0 bridgehead atoms. The summed E-state index contributed by atoms with van der Waals surface area (Å²) in [6.07, 6.45) is 4.70. The number of aromatic nitrogens is 2. The minimum atomic E-state index is -1.07. The van der Waals surface area contributed by atoms with E-state index in [2.05, 4.69) is 29.7 Å². The third kappa shape index (κ3) is 6.69. The summed E-state index contributed by atoms with van der Waals surface area (Å²) in [7, 11) is 0. The number of hydrogen-bond acceptors (Lipinski definition) is 4. The van der Waals surface area contributed by atoms with Crippen LogP contribution in [0, 0.1) is 5.92 Å². The van der Waals surface area contributed by atoms with Crippen LogP contribution in [0.2, 0.25) is 0 Å². The van der Waals surface area contributed by atoms with E-state index in [1.807, 2.05) is 49.7 Å². The van der Waals surface area contributed by atoms with Crippen LogP contribution in [-0.2, 0) is 21.5 Å². The molecule has 1 aliphatic carbocycles. The lowest BCUT2D eigenvalue weighted by Gasteiger charge is -2.27. The fourth-order valence-electron chi connectivity index (χ4n) is 4.58. The number of aliphatic hydroxyl groups excluding tert-OH is 1. The summed E-state index contributed by atoms with van der Waals surface area (Å²) >= 11 is 0. The number of nitrogens with one attached hydrogen (secondary N) is 2. The lowest BCUT2D eigenvalue weighted by molar-refractivity contribution is -0.135. The van der Waals surface area contributed by atoms with E-state index in [1.54, 1.807) is 6.92 Å². The van der Waals surface area contributed by atoms with Crippen molar-refractivity contribution < 1.29 is 14.7 Å². The number of amides is 2. The molecule has 34 heavy (non-hydrogen) atoms. The molecule has 0 aliphatic heterocycles. The second-order valence-corrected chi connectivity index (χ2v) is 10.7. The smallest absolute Gasteiger partial charge is 0.249 e. The number of nitrogens with zero attached hydrogens (tertiary/aromatic N) is 2. The van der Waals surface area contributed by atoms with Crippen LogP contribution in [0.15, 0.2) is 36.4 Å². The van der Waals surface area contributed by atoms with Gasteiger partial charge in [-0.05, 0) is 58.4 Å². The van der Waals surface area contributed by atoms with Gasteiger partial charge in [0.1, 0.15) is 18.0 Å².